The van der Waals surface area contributed by atoms with Crippen molar-refractivity contribution < 1.29 is 4.79 Å². The summed E-state index contributed by atoms with van der Waals surface area (Å²) in [5, 5.41) is 4.25. The SMILES string of the molecule is CCn1ccnc1CC(=O)c1cnn(-c2ccccc2)c1. The standard InChI is InChI=1S/C16H16N4O/c1-2-19-9-8-17-16(19)10-15(21)13-11-18-20(12-13)14-6-4-3-5-7-14/h3-9,11-12H,2,10H2,1H3. The predicted octanol–water partition coefficient (Wildman–Crippen LogP) is 2.51. The second-order valence-corrected chi connectivity index (χ2v) is 4.74. The summed E-state index contributed by atoms with van der Waals surface area (Å²) in [6, 6.07) is 9.73. The van der Waals surface area contributed by atoms with Gasteiger partial charge in [-0.3, -0.25) is 4.79 Å². The number of nitrogens with zero attached hydrogens (tertiary/aromatic N) is 4. The van der Waals surface area contributed by atoms with E-state index in [1.807, 2.05) is 48.0 Å². The van der Waals surface area contributed by atoms with E-state index in [1.165, 1.54) is 0 Å². The number of Topliss-reactive ketones (excluding diaryl/α,β-unsaturated/α-hetero) is 1. The molecule has 3 rings (SSSR count). The molecule has 0 bridgehead atoms. The average molecular weight is 280 g/mol. The van der Waals surface area contributed by atoms with Crippen LogP contribution in [0.15, 0.2) is 55.1 Å². The molecule has 0 saturated carbocycles. The van der Waals surface area contributed by atoms with Gasteiger partial charge in [0.05, 0.1) is 23.9 Å². The number of aromatic nitrogens is 4. The van der Waals surface area contributed by atoms with Crippen molar-refractivity contribution in [2.45, 2.75) is 19.9 Å². The second kappa shape index (κ2) is 5.75. The van der Waals surface area contributed by atoms with Crippen LogP contribution in [0.5, 0.6) is 0 Å². The summed E-state index contributed by atoms with van der Waals surface area (Å²) in [6.45, 7) is 2.84. The van der Waals surface area contributed by atoms with E-state index in [9.17, 15) is 4.79 Å². The van der Waals surface area contributed by atoms with Crippen molar-refractivity contribution in [3.05, 3.63) is 66.5 Å². The van der Waals surface area contributed by atoms with Crippen LogP contribution in [0.3, 0.4) is 0 Å². The molecule has 0 N–H and O–H groups in total. The van der Waals surface area contributed by atoms with E-state index in [-0.39, 0.29) is 5.78 Å². The number of ketones is 1. The number of aryl methyl sites for hydroxylation is 1. The molecule has 0 aliphatic rings. The Hall–Kier alpha value is -2.69. The largest absolute Gasteiger partial charge is 0.335 e. The van der Waals surface area contributed by atoms with Gasteiger partial charge in [-0.15, -0.1) is 0 Å². The first-order valence-corrected chi connectivity index (χ1v) is 6.91. The molecule has 106 valence electrons. The van der Waals surface area contributed by atoms with E-state index < -0.39 is 0 Å². The third-order valence-electron chi connectivity index (χ3n) is 3.39. The Kier molecular flexibility index (Phi) is 3.64. The van der Waals surface area contributed by atoms with Gasteiger partial charge in [0.15, 0.2) is 5.78 Å². The first-order chi connectivity index (χ1) is 10.3. The van der Waals surface area contributed by atoms with E-state index in [1.54, 1.807) is 23.3 Å². The van der Waals surface area contributed by atoms with Crippen molar-refractivity contribution in [1.82, 2.24) is 19.3 Å². The van der Waals surface area contributed by atoms with Crippen molar-refractivity contribution >= 4 is 5.78 Å². The van der Waals surface area contributed by atoms with E-state index in [0.29, 0.717) is 12.0 Å². The van der Waals surface area contributed by atoms with Gasteiger partial charge in [-0.2, -0.15) is 5.10 Å². The highest BCUT2D eigenvalue weighted by Gasteiger charge is 2.13. The molecule has 0 amide bonds. The summed E-state index contributed by atoms with van der Waals surface area (Å²) in [5.74, 6) is 0.813. The average Bonchev–Trinajstić information content (AvgIpc) is 3.17. The van der Waals surface area contributed by atoms with Gasteiger partial charge in [0.2, 0.25) is 0 Å². The van der Waals surface area contributed by atoms with E-state index >= 15 is 0 Å². The zero-order valence-corrected chi connectivity index (χ0v) is 11.8. The van der Waals surface area contributed by atoms with Gasteiger partial charge in [0, 0.05) is 25.1 Å². The molecule has 5 nitrogen and oxygen atoms in total. The summed E-state index contributed by atoms with van der Waals surface area (Å²) >= 11 is 0. The van der Waals surface area contributed by atoms with Gasteiger partial charge in [0.25, 0.3) is 0 Å². The number of hydrogen-bond acceptors (Lipinski definition) is 3. The van der Waals surface area contributed by atoms with Gasteiger partial charge < -0.3 is 4.57 Å². The predicted molar refractivity (Wildman–Crippen MR) is 79.5 cm³/mol. The quantitative estimate of drug-likeness (QED) is 0.675. The number of imidazole rings is 1. The van der Waals surface area contributed by atoms with Crippen LogP contribution >= 0.6 is 0 Å². The molecule has 0 fully saturated rings. The Morgan fingerprint density at radius 1 is 1.24 bits per heavy atom. The molecule has 5 heteroatoms. The normalized spacial score (nSPS) is 10.7. The van der Waals surface area contributed by atoms with Crippen molar-refractivity contribution in [3.8, 4) is 5.69 Å². The fourth-order valence-corrected chi connectivity index (χ4v) is 2.23. The second-order valence-electron chi connectivity index (χ2n) is 4.74. The molecular weight excluding hydrogens is 264 g/mol. The third kappa shape index (κ3) is 2.76. The number of benzene rings is 1. The molecule has 0 atom stereocenters. The van der Waals surface area contributed by atoms with Crippen molar-refractivity contribution in [2.24, 2.45) is 0 Å². The number of para-hydroxylation sites is 1. The first kappa shape index (κ1) is 13.3. The highest BCUT2D eigenvalue weighted by Crippen LogP contribution is 2.10. The van der Waals surface area contributed by atoms with E-state index in [4.69, 9.17) is 0 Å². The van der Waals surface area contributed by atoms with Gasteiger partial charge in [-0.1, -0.05) is 18.2 Å². The lowest BCUT2D eigenvalue weighted by molar-refractivity contribution is 0.0990. The third-order valence-corrected chi connectivity index (χ3v) is 3.39. The van der Waals surface area contributed by atoms with Crippen LogP contribution in [-0.4, -0.2) is 25.1 Å². The van der Waals surface area contributed by atoms with E-state index in [0.717, 1.165) is 18.1 Å². The lowest BCUT2D eigenvalue weighted by Crippen LogP contribution is -2.09. The zero-order chi connectivity index (χ0) is 14.7. The minimum absolute atomic E-state index is 0.0260. The molecule has 0 saturated heterocycles. The van der Waals surface area contributed by atoms with Gasteiger partial charge >= 0.3 is 0 Å². The summed E-state index contributed by atoms with van der Waals surface area (Å²) < 4.78 is 3.68. The summed E-state index contributed by atoms with van der Waals surface area (Å²) in [4.78, 5) is 16.6. The van der Waals surface area contributed by atoms with Crippen LogP contribution < -0.4 is 0 Å². The summed E-state index contributed by atoms with van der Waals surface area (Å²) in [5.41, 5.74) is 1.54. The Morgan fingerprint density at radius 2 is 2.05 bits per heavy atom. The molecule has 2 heterocycles. The van der Waals surface area contributed by atoms with Gasteiger partial charge in [0.1, 0.15) is 5.82 Å². The molecule has 0 spiro atoms. The molecule has 1 aromatic carbocycles. The lowest BCUT2D eigenvalue weighted by Gasteiger charge is -2.02. The Morgan fingerprint density at radius 3 is 2.81 bits per heavy atom. The van der Waals surface area contributed by atoms with Gasteiger partial charge in [-0.05, 0) is 19.1 Å². The van der Waals surface area contributed by atoms with Crippen molar-refractivity contribution in [1.29, 1.82) is 0 Å². The topological polar surface area (TPSA) is 52.7 Å². The lowest BCUT2D eigenvalue weighted by atomic mass is 10.1. The molecular formula is C16H16N4O. The maximum Gasteiger partial charge on any atom is 0.173 e. The number of carbonyl (C=O) groups is 1. The Bertz CT molecular complexity index is 742. The molecule has 0 unspecified atom stereocenters. The monoisotopic (exact) mass is 280 g/mol. The molecule has 0 aliphatic heterocycles. The molecule has 0 radical (unpaired) electrons. The smallest absolute Gasteiger partial charge is 0.173 e. The first-order valence-electron chi connectivity index (χ1n) is 6.91. The van der Waals surface area contributed by atoms with Crippen LogP contribution in [0.4, 0.5) is 0 Å². The summed E-state index contributed by atoms with van der Waals surface area (Å²) in [6.07, 6.45) is 7.27. The molecule has 21 heavy (non-hydrogen) atoms. The highest BCUT2D eigenvalue weighted by molar-refractivity contribution is 5.96. The Balaban J connectivity index is 1.79. The van der Waals surface area contributed by atoms with Crippen LogP contribution in [0.25, 0.3) is 5.69 Å². The maximum absolute atomic E-state index is 12.3. The zero-order valence-electron chi connectivity index (χ0n) is 11.8. The summed E-state index contributed by atoms with van der Waals surface area (Å²) in [7, 11) is 0. The number of carbonyl (C=O) groups excluding carboxylic acids is 1. The van der Waals surface area contributed by atoms with Crippen LogP contribution in [0.2, 0.25) is 0 Å². The van der Waals surface area contributed by atoms with Crippen LogP contribution in [0, 0.1) is 0 Å². The van der Waals surface area contributed by atoms with Crippen molar-refractivity contribution in [2.75, 3.05) is 0 Å². The minimum Gasteiger partial charge on any atom is -0.335 e. The Labute approximate surface area is 122 Å². The van der Waals surface area contributed by atoms with E-state index in [2.05, 4.69) is 10.1 Å². The van der Waals surface area contributed by atoms with Crippen LogP contribution in [0.1, 0.15) is 23.1 Å². The molecule has 2 aromatic heterocycles. The highest BCUT2D eigenvalue weighted by atomic mass is 16.1. The van der Waals surface area contributed by atoms with Crippen LogP contribution in [-0.2, 0) is 13.0 Å². The van der Waals surface area contributed by atoms with Gasteiger partial charge in [-0.25, -0.2) is 9.67 Å². The fraction of sp³-hybridized carbons (Fsp3) is 0.188. The maximum atomic E-state index is 12.3. The molecule has 0 aliphatic carbocycles. The molecule has 3 aromatic rings. The van der Waals surface area contributed by atoms with Crippen molar-refractivity contribution in [3.63, 3.8) is 0 Å². The minimum atomic E-state index is 0.0260. The fourth-order valence-electron chi connectivity index (χ4n) is 2.23. The number of hydrogen-bond donors (Lipinski definition) is 0. The number of rotatable bonds is 5.